The number of amides is 1. The van der Waals surface area contributed by atoms with Gasteiger partial charge in [-0.05, 0) is 55.3 Å². The third kappa shape index (κ3) is 3.91. The maximum atomic E-state index is 12.8. The monoisotopic (exact) mass is 301 g/mol. The lowest BCUT2D eigenvalue weighted by molar-refractivity contribution is -0.119. The van der Waals surface area contributed by atoms with E-state index in [-0.39, 0.29) is 5.56 Å². The van der Waals surface area contributed by atoms with Gasteiger partial charge in [0, 0.05) is 5.69 Å². The SMILES string of the molecule is Cc1cccc(NC(=O)COC(=O)c2ccc(F)cc2)c1C. The molecule has 0 heterocycles. The molecule has 0 radical (unpaired) electrons. The summed E-state index contributed by atoms with van der Waals surface area (Å²) in [6, 6.07) is 10.5. The zero-order valence-corrected chi connectivity index (χ0v) is 12.4. The maximum Gasteiger partial charge on any atom is 0.338 e. The van der Waals surface area contributed by atoms with Crippen molar-refractivity contribution in [2.45, 2.75) is 13.8 Å². The van der Waals surface area contributed by atoms with Crippen molar-refractivity contribution in [3.05, 3.63) is 65.0 Å². The zero-order chi connectivity index (χ0) is 16.1. The molecule has 0 aliphatic heterocycles. The first-order valence-corrected chi connectivity index (χ1v) is 6.76. The lowest BCUT2D eigenvalue weighted by Gasteiger charge is -2.10. The van der Waals surface area contributed by atoms with E-state index in [1.54, 1.807) is 6.07 Å². The van der Waals surface area contributed by atoms with E-state index in [4.69, 9.17) is 4.74 Å². The molecule has 2 aromatic carbocycles. The number of ether oxygens (including phenoxy) is 1. The van der Waals surface area contributed by atoms with Crippen LogP contribution in [-0.2, 0) is 9.53 Å². The van der Waals surface area contributed by atoms with Gasteiger partial charge >= 0.3 is 5.97 Å². The molecule has 2 aromatic rings. The highest BCUT2D eigenvalue weighted by atomic mass is 19.1. The van der Waals surface area contributed by atoms with Crippen LogP contribution in [0.3, 0.4) is 0 Å². The molecule has 1 amide bonds. The zero-order valence-electron chi connectivity index (χ0n) is 12.4. The van der Waals surface area contributed by atoms with Crippen molar-refractivity contribution in [3.8, 4) is 0 Å². The van der Waals surface area contributed by atoms with Crippen molar-refractivity contribution >= 4 is 17.6 Å². The van der Waals surface area contributed by atoms with Crippen LogP contribution in [0.5, 0.6) is 0 Å². The quantitative estimate of drug-likeness (QED) is 0.882. The van der Waals surface area contributed by atoms with E-state index in [0.717, 1.165) is 23.3 Å². The van der Waals surface area contributed by atoms with Gasteiger partial charge in [0.05, 0.1) is 5.56 Å². The van der Waals surface area contributed by atoms with Crippen molar-refractivity contribution in [1.82, 2.24) is 0 Å². The van der Waals surface area contributed by atoms with Gasteiger partial charge in [-0.3, -0.25) is 4.79 Å². The minimum Gasteiger partial charge on any atom is -0.452 e. The van der Waals surface area contributed by atoms with E-state index in [9.17, 15) is 14.0 Å². The molecule has 0 unspecified atom stereocenters. The summed E-state index contributed by atoms with van der Waals surface area (Å²) in [5, 5.41) is 2.69. The smallest absolute Gasteiger partial charge is 0.338 e. The van der Waals surface area contributed by atoms with E-state index < -0.39 is 24.3 Å². The minimum atomic E-state index is -0.670. The van der Waals surface area contributed by atoms with Crippen LogP contribution >= 0.6 is 0 Å². The van der Waals surface area contributed by atoms with Gasteiger partial charge in [-0.25, -0.2) is 9.18 Å². The normalized spacial score (nSPS) is 10.1. The fourth-order valence-corrected chi connectivity index (χ4v) is 1.87. The number of carbonyl (C=O) groups is 2. The Balaban J connectivity index is 1.91. The van der Waals surface area contributed by atoms with E-state index in [2.05, 4.69) is 5.32 Å². The minimum absolute atomic E-state index is 0.195. The Kier molecular flexibility index (Phi) is 4.88. The molecule has 0 fully saturated rings. The van der Waals surface area contributed by atoms with Crippen LogP contribution in [0.2, 0.25) is 0 Å². The van der Waals surface area contributed by atoms with Crippen molar-refractivity contribution in [1.29, 1.82) is 0 Å². The molecular formula is C17H16FNO3. The predicted molar refractivity (Wildman–Crippen MR) is 81.2 cm³/mol. The lowest BCUT2D eigenvalue weighted by atomic mass is 10.1. The summed E-state index contributed by atoms with van der Waals surface area (Å²) < 4.78 is 17.7. The number of aryl methyl sites for hydroxylation is 1. The van der Waals surface area contributed by atoms with Gasteiger partial charge in [0.25, 0.3) is 5.91 Å². The molecule has 1 N–H and O–H groups in total. The second-order valence-corrected chi connectivity index (χ2v) is 4.88. The highest BCUT2D eigenvalue weighted by Crippen LogP contribution is 2.17. The Morgan fingerprint density at radius 3 is 2.45 bits per heavy atom. The van der Waals surface area contributed by atoms with Crippen molar-refractivity contribution in [2.24, 2.45) is 0 Å². The van der Waals surface area contributed by atoms with Crippen molar-refractivity contribution in [2.75, 3.05) is 11.9 Å². The van der Waals surface area contributed by atoms with Crippen LogP contribution in [0.15, 0.2) is 42.5 Å². The van der Waals surface area contributed by atoms with Crippen LogP contribution < -0.4 is 5.32 Å². The Hall–Kier alpha value is -2.69. The third-order valence-electron chi connectivity index (χ3n) is 3.29. The van der Waals surface area contributed by atoms with Gasteiger partial charge in [0.1, 0.15) is 5.82 Å². The molecule has 4 nitrogen and oxygen atoms in total. The fraction of sp³-hybridized carbons (Fsp3) is 0.176. The van der Waals surface area contributed by atoms with E-state index >= 15 is 0 Å². The van der Waals surface area contributed by atoms with E-state index in [0.29, 0.717) is 5.69 Å². The summed E-state index contributed by atoms with van der Waals surface area (Å²) in [5.41, 5.74) is 2.89. The first-order chi connectivity index (χ1) is 10.5. The van der Waals surface area contributed by atoms with Crippen LogP contribution in [0.25, 0.3) is 0 Å². The molecule has 22 heavy (non-hydrogen) atoms. The molecule has 0 atom stereocenters. The number of hydrogen-bond acceptors (Lipinski definition) is 3. The van der Waals surface area contributed by atoms with Gasteiger partial charge in [0.2, 0.25) is 0 Å². The Bertz CT molecular complexity index is 696. The number of benzene rings is 2. The molecule has 0 spiro atoms. The molecule has 0 saturated carbocycles. The number of nitrogens with one attached hydrogen (secondary N) is 1. The van der Waals surface area contributed by atoms with Gasteiger partial charge in [-0.15, -0.1) is 0 Å². The summed E-state index contributed by atoms with van der Waals surface area (Å²) in [5.74, 6) is -1.54. The number of carbonyl (C=O) groups excluding carboxylic acids is 2. The van der Waals surface area contributed by atoms with Crippen LogP contribution in [0.4, 0.5) is 10.1 Å². The molecular weight excluding hydrogens is 285 g/mol. The van der Waals surface area contributed by atoms with Gasteiger partial charge < -0.3 is 10.1 Å². The number of rotatable bonds is 4. The van der Waals surface area contributed by atoms with E-state index in [1.807, 2.05) is 26.0 Å². The average molecular weight is 301 g/mol. The van der Waals surface area contributed by atoms with Crippen molar-refractivity contribution < 1.29 is 18.7 Å². The molecule has 0 saturated heterocycles. The van der Waals surface area contributed by atoms with Crippen LogP contribution in [-0.4, -0.2) is 18.5 Å². The fourth-order valence-electron chi connectivity index (χ4n) is 1.87. The molecule has 0 aliphatic rings. The highest BCUT2D eigenvalue weighted by Gasteiger charge is 2.11. The summed E-state index contributed by atoms with van der Waals surface area (Å²) >= 11 is 0. The summed E-state index contributed by atoms with van der Waals surface area (Å²) in [7, 11) is 0. The van der Waals surface area contributed by atoms with Crippen LogP contribution in [0, 0.1) is 19.7 Å². The first-order valence-electron chi connectivity index (χ1n) is 6.76. The predicted octanol–water partition coefficient (Wildman–Crippen LogP) is 3.24. The second kappa shape index (κ2) is 6.85. The Labute approximate surface area is 127 Å². The van der Waals surface area contributed by atoms with Crippen molar-refractivity contribution in [3.63, 3.8) is 0 Å². The molecule has 0 aliphatic carbocycles. The van der Waals surface area contributed by atoms with Gasteiger partial charge in [0.15, 0.2) is 6.61 Å². The standard InChI is InChI=1S/C17H16FNO3/c1-11-4-3-5-15(12(11)2)19-16(20)10-22-17(21)13-6-8-14(18)9-7-13/h3-9H,10H2,1-2H3,(H,19,20). The molecule has 0 aromatic heterocycles. The second-order valence-electron chi connectivity index (χ2n) is 4.88. The molecule has 5 heteroatoms. The molecule has 0 bridgehead atoms. The average Bonchev–Trinajstić information content (AvgIpc) is 2.50. The first kappa shape index (κ1) is 15.7. The van der Waals surface area contributed by atoms with Crippen LogP contribution in [0.1, 0.15) is 21.5 Å². The summed E-state index contributed by atoms with van der Waals surface area (Å²) in [6.07, 6.45) is 0. The van der Waals surface area contributed by atoms with Gasteiger partial charge in [-0.1, -0.05) is 12.1 Å². The summed E-state index contributed by atoms with van der Waals surface area (Å²) in [4.78, 5) is 23.5. The number of hydrogen-bond donors (Lipinski definition) is 1. The maximum absolute atomic E-state index is 12.8. The third-order valence-corrected chi connectivity index (χ3v) is 3.29. The summed E-state index contributed by atoms with van der Waals surface area (Å²) in [6.45, 7) is 3.44. The van der Waals surface area contributed by atoms with E-state index in [1.165, 1.54) is 12.1 Å². The molecule has 2 rings (SSSR count). The molecule has 114 valence electrons. The van der Waals surface area contributed by atoms with Gasteiger partial charge in [-0.2, -0.15) is 0 Å². The topological polar surface area (TPSA) is 55.4 Å². The Morgan fingerprint density at radius 2 is 1.77 bits per heavy atom. The largest absolute Gasteiger partial charge is 0.452 e. The lowest BCUT2D eigenvalue weighted by Crippen LogP contribution is -2.21. The number of anilines is 1. The highest BCUT2D eigenvalue weighted by molar-refractivity contribution is 5.95. The number of halogens is 1. The Morgan fingerprint density at radius 1 is 1.09 bits per heavy atom. The number of esters is 1.